The Morgan fingerprint density at radius 2 is 1.71 bits per heavy atom. The van der Waals surface area contributed by atoms with E-state index in [0.29, 0.717) is 10.0 Å². The lowest BCUT2D eigenvalue weighted by Crippen LogP contribution is -2.43. The minimum absolute atomic E-state index is 0. The van der Waals surface area contributed by atoms with Crippen LogP contribution in [-0.2, 0) is 4.79 Å². The maximum atomic E-state index is 12.4. The zero-order valence-electron chi connectivity index (χ0n) is 11.6. The zero-order chi connectivity index (χ0) is 14.3. The van der Waals surface area contributed by atoms with Crippen molar-refractivity contribution in [2.75, 3.05) is 13.1 Å². The number of nitrogens with two attached hydrogens (primary N) is 1. The number of halogens is 3. The van der Waals surface area contributed by atoms with Crippen LogP contribution >= 0.6 is 35.6 Å². The molecule has 0 spiro atoms. The summed E-state index contributed by atoms with van der Waals surface area (Å²) in [5.74, 6) is 0.631. The van der Waals surface area contributed by atoms with Crippen molar-refractivity contribution in [2.24, 2.45) is 11.7 Å². The molecule has 2 atom stereocenters. The summed E-state index contributed by atoms with van der Waals surface area (Å²) in [5.41, 5.74) is 6.95. The van der Waals surface area contributed by atoms with Crippen LogP contribution in [0.3, 0.4) is 0 Å². The summed E-state index contributed by atoms with van der Waals surface area (Å²) in [7, 11) is 0. The second kappa shape index (κ2) is 6.74. The Balaban J connectivity index is 0.00000161. The zero-order valence-corrected chi connectivity index (χ0v) is 13.9. The molecule has 0 bridgehead atoms. The van der Waals surface area contributed by atoms with Crippen LogP contribution in [0.1, 0.15) is 30.7 Å². The Bertz CT molecular complexity index is 509. The number of rotatable bonds is 2. The van der Waals surface area contributed by atoms with E-state index >= 15 is 0 Å². The van der Waals surface area contributed by atoms with Crippen LogP contribution in [0.4, 0.5) is 0 Å². The molecule has 21 heavy (non-hydrogen) atoms. The number of carbonyl (C=O) groups excluding carboxylic acids is 1. The average molecular weight is 350 g/mol. The van der Waals surface area contributed by atoms with Gasteiger partial charge in [0.05, 0.1) is 0 Å². The van der Waals surface area contributed by atoms with Crippen molar-refractivity contribution < 1.29 is 4.79 Å². The number of hydrogen-bond acceptors (Lipinski definition) is 2. The lowest BCUT2D eigenvalue weighted by atomic mass is 10.0. The fourth-order valence-electron chi connectivity index (χ4n) is 2.98. The van der Waals surface area contributed by atoms with Crippen molar-refractivity contribution >= 4 is 41.5 Å². The van der Waals surface area contributed by atoms with Gasteiger partial charge in [-0.05, 0) is 48.9 Å². The maximum absolute atomic E-state index is 12.4. The van der Waals surface area contributed by atoms with Crippen molar-refractivity contribution in [3.63, 3.8) is 0 Å². The molecule has 2 unspecified atom stereocenters. The van der Waals surface area contributed by atoms with Crippen molar-refractivity contribution in [3.05, 3.63) is 33.8 Å². The van der Waals surface area contributed by atoms with Crippen LogP contribution in [0.15, 0.2) is 18.2 Å². The number of benzene rings is 1. The monoisotopic (exact) mass is 348 g/mol. The van der Waals surface area contributed by atoms with Crippen molar-refractivity contribution in [3.8, 4) is 0 Å². The van der Waals surface area contributed by atoms with Crippen LogP contribution in [0.5, 0.6) is 0 Å². The van der Waals surface area contributed by atoms with E-state index in [-0.39, 0.29) is 36.2 Å². The average Bonchev–Trinajstić information content (AvgIpc) is 3.18. The molecular weight excluding hydrogens is 331 g/mol. The molecule has 1 aromatic rings. The Morgan fingerprint density at radius 3 is 2.29 bits per heavy atom. The maximum Gasteiger partial charge on any atom is 0.226 e. The normalized spacial score (nSPS) is 25.4. The second-order valence-electron chi connectivity index (χ2n) is 5.81. The minimum Gasteiger partial charge on any atom is -0.342 e. The van der Waals surface area contributed by atoms with Gasteiger partial charge < -0.3 is 10.6 Å². The number of piperidine rings is 1. The van der Waals surface area contributed by atoms with E-state index in [1.54, 1.807) is 6.07 Å². The van der Waals surface area contributed by atoms with Crippen LogP contribution in [0, 0.1) is 5.92 Å². The quantitative estimate of drug-likeness (QED) is 0.888. The van der Waals surface area contributed by atoms with E-state index in [4.69, 9.17) is 28.9 Å². The molecule has 3 nitrogen and oxygen atoms in total. The summed E-state index contributed by atoms with van der Waals surface area (Å²) in [6.45, 7) is 1.58. The van der Waals surface area contributed by atoms with Gasteiger partial charge in [0.15, 0.2) is 0 Å². The summed E-state index contributed by atoms with van der Waals surface area (Å²) in [6, 6.07) is 5.80. The van der Waals surface area contributed by atoms with Crippen LogP contribution < -0.4 is 5.73 Å². The highest BCUT2D eigenvalue weighted by Gasteiger charge is 2.46. The Hall–Kier alpha value is -0.480. The lowest BCUT2D eigenvalue weighted by molar-refractivity contribution is -0.133. The number of hydrogen-bond donors (Lipinski definition) is 1. The minimum atomic E-state index is 0. The lowest BCUT2D eigenvalue weighted by Gasteiger charge is -2.30. The summed E-state index contributed by atoms with van der Waals surface area (Å²) < 4.78 is 0. The van der Waals surface area contributed by atoms with E-state index in [2.05, 4.69) is 0 Å². The summed E-state index contributed by atoms with van der Waals surface area (Å²) in [4.78, 5) is 14.4. The molecule has 2 N–H and O–H groups in total. The third-order valence-electron chi connectivity index (χ3n) is 4.27. The predicted octanol–water partition coefficient (Wildman–Crippen LogP) is 3.47. The Morgan fingerprint density at radius 1 is 1.14 bits per heavy atom. The van der Waals surface area contributed by atoms with Gasteiger partial charge in [-0.25, -0.2) is 0 Å². The first-order valence-corrected chi connectivity index (χ1v) is 7.80. The summed E-state index contributed by atoms with van der Waals surface area (Å²) in [5, 5.41) is 1.27. The predicted molar refractivity (Wildman–Crippen MR) is 88.3 cm³/mol. The standard InChI is InChI=1S/C15H18Cl2N2O.ClH/c16-10-5-9(6-11(17)7-10)13-8-14(13)15(20)19-3-1-12(18)2-4-19;/h5-7,12-14H,1-4,8,18H2;1H. The highest BCUT2D eigenvalue weighted by molar-refractivity contribution is 6.34. The number of nitrogens with zero attached hydrogens (tertiary/aromatic N) is 1. The van der Waals surface area contributed by atoms with E-state index < -0.39 is 0 Å². The van der Waals surface area contributed by atoms with Crippen LogP contribution in [-0.4, -0.2) is 29.9 Å². The van der Waals surface area contributed by atoms with Gasteiger partial charge in [-0.1, -0.05) is 23.2 Å². The number of likely N-dealkylation sites (tertiary alicyclic amines) is 1. The molecular formula is C15H19Cl3N2O. The van der Waals surface area contributed by atoms with Gasteiger partial charge in [0.1, 0.15) is 0 Å². The first kappa shape index (κ1) is 16.9. The first-order valence-electron chi connectivity index (χ1n) is 7.05. The molecule has 0 aromatic heterocycles. The van der Waals surface area contributed by atoms with Gasteiger partial charge >= 0.3 is 0 Å². The molecule has 1 aliphatic heterocycles. The van der Waals surface area contributed by atoms with Crippen molar-refractivity contribution in [1.82, 2.24) is 4.90 Å². The molecule has 1 aromatic carbocycles. The summed E-state index contributed by atoms with van der Waals surface area (Å²) in [6.07, 6.45) is 2.72. The van der Waals surface area contributed by atoms with Gasteiger partial charge in [-0.2, -0.15) is 0 Å². The molecule has 1 amide bonds. The van der Waals surface area contributed by atoms with Gasteiger partial charge in [0.25, 0.3) is 0 Å². The smallest absolute Gasteiger partial charge is 0.226 e. The Labute approximate surface area is 141 Å². The molecule has 6 heteroatoms. The van der Waals surface area contributed by atoms with Crippen molar-refractivity contribution in [1.29, 1.82) is 0 Å². The third-order valence-corrected chi connectivity index (χ3v) is 4.71. The first-order chi connectivity index (χ1) is 9.54. The molecule has 3 rings (SSSR count). The molecule has 2 fully saturated rings. The molecule has 1 saturated heterocycles. The highest BCUT2D eigenvalue weighted by Crippen LogP contribution is 2.49. The van der Waals surface area contributed by atoms with Gasteiger partial charge in [0, 0.05) is 35.1 Å². The highest BCUT2D eigenvalue weighted by atomic mass is 35.5. The number of amides is 1. The van der Waals surface area contributed by atoms with Crippen LogP contribution in [0.2, 0.25) is 10.0 Å². The fourth-order valence-corrected chi connectivity index (χ4v) is 3.52. The third kappa shape index (κ3) is 3.84. The molecule has 1 aliphatic carbocycles. The number of carbonyl (C=O) groups is 1. The van der Waals surface area contributed by atoms with E-state index in [1.165, 1.54) is 0 Å². The SMILES string of the molecule is Cl.NC1CCN(C(=O)C2CC2c2cc(Cl)cc(Cl)c2)CC1. The molecule has 0 radical (unpaired) electrons. The van der Waals surface area contributed by atoms with Gasteiger partial charge in [-0.15, -0.1) is 12.4 Å². The fraction of sp³-hybridized carbons (Fsp3) is 0.533. The molecule has 2 aliphatic rings. The van der Waals surface area contributed by atoms with E-state index in [0.717, 1.165) is 37.9 Å². The Kier molecular flexibility index (Phi) is 5.42. The largest absolute Gasteiger partial charge is 0.342 e. The molecule has 116 valence electrons. The topological polar surface area (TPSA) is 46.3 Å². The van der Waals surface area contributed by atoms with Gasteiger partial charge in [-0.3, -0.25) is 4.79 Å². The molecule has 1 saturated carbocycles. The van der Waals surface area contributed by atoms with E-state index in [1.807, 2.05) is 17.0 Å². The molecule has 1 heterocycles. The van der Waals surface area contributed by atoms with E-state index in [9.17, 15) is 4.79 Å². The van der Waals surface area contributed by atoms with Gasteiger partial charge in [0.2, 0.25) is 5.91 Å². The van der Waals surface area contributed by atoms with Crippen molar-refractivity contribution in [2.45, 2.75) is 31.2 Å². The van der Waals surface area contributed by atoms with Crippen LogP contribution in [0.25, 0.3) is 0 Å². The second-order valence-corrected chi connectivity index (χ2v) is 6.69. The summed E-state index contributed by atoms with van der Waals surface area (Å²) >= 11 is 12.0.